The van der Waals surface area contributed by atoms with Gasteiger partial charge < -0.3 is 19.2 Å². The van der Waals surface area contributed by atoms with Crippen LogP contribution in [0.3, 0.4) is 0 Å². The first kappa shape index (κ1) is 17.1. The third-order valence-corrected chi connectivity index (χ3v) is 3.95. The normalized spacial score (nSPS) is 10.6. The molecule has 130 valence electrons. The summed E-state index contributed by atoms with van der Waals surface area (Å²) in [6, 6.07) is 18.2. The number of benzene rings is 2. The fraction of sp³-hybridized carbons (Fsp3) is 0.238. The third kappa shape index (κ3) is 4.88. The fourth-order valence-corrected chi connectivity index (χ4v) is 2.53. The second-order valence-electron chi connectivity index (χ2n) is 5.94. The maximum atomic E-state index is 5.91. The van der Waals surface area contributed by atoms with Crippen molar-refractivity contribution in [3.8, 4) is 11.5 Å². The van der Waals surface area contributed by atoms with Crippen LogP contribution >= 0.6 is 0 Å². The molecule has 0 saturated carbocycles. The summed E-state index contributed by atoms with van der Waals surface area (Å²) in [4.78, 5) is 0. The van der Waals surface area contributed by atoms with E-state index in [1.165, 1.54) is 5.56 Å². The molecule has 2 aromatic carbocycles. The smallest absolute Gasteiger partial charge is 0.161 e. The van der Waals surface area contributed by atoms with Crippen molar-refractivity contribution in [3.05, 3.63) is 83.3 Å². The molecule has 3 rings (SSSR count). The van der Waals surface area contributed by atoms with Gasteiger partial charge in [-0.25, -0.2) is 0 Å². The number of furan rings is 1. The molecule has 0 fully saturated rings. The number of hydrogen-bond acceptors (Lipinski definition) is 4. The maximum Gasteiger partial charge on any atom is 0.161 e. The second kappa shape index (κ2) is 8.40. The summed E-state index contributed by atoms with van der Waals surface area (Å²) in [5, 5.41) is 3.35. The SMILES string of the molecule is COc1cc(CNCc2ccco2)ccc1OCc1ccc(C)cc1. The molecule has 0 spiro atoms. The summed E-state index contributed by atoms with van der Waals surface area (Å²) >= 11 is 0. The molecule has 4 nitrogen and oxygen atoms in total. The maximum absolute atomic E-state index is 5.91. The van der Waals surface area contributed by atoms with Crippen molar-refractivity contribution < 1.29 is 13.9 Å². The third-order valence-electron chi connectivity index (χ3n) is 3.95. The Morgan fingerprint density at radius 2 is 1.72 bits per heavy atom. The second-order valence-corrected chi connectivity index (χ2v) is 5.94. The van der Waals surface area contributed by atoms with Crippen molar-refractivity contribution in [3.63, 3.8) is 0 Å². The number of methoxy groups -OCH3 is 1. The molecule has 1 N–H and O–H groups in total. The topological polar surface area (TPSA) is 43.6 Å². The zero-order valence-corrected chi connectivity index (χ0v) is 14.6. The molecular weight excluding hydrogens is 314 g/mol. The van der Waals surface area contributed by atoms with Crippen LogP contribution in [0.25, 0.3) is 0 Å². The minimum absolute atomic E-state index is 0.521. The number of hydrogen-bond donors (Lipinski definition) is 1. The predicted molar refractivity (Wildman–Crippen MR) is 97.8 cm³/mol. The standard InChI is InChI=1S/C21H23NO3/c1-16-5-7-17(8-6-16)15-25-20-10-9-18(12-21(20)23-2)13-22-14-19-4-3-11-24-19/h3-12,22H,13-15H2,1-2H3. The monoisotopic (exact) mass is 337 g/mol. The Morgan fingerprint density at radius 1 is 0.920 bits per heavy atom. The predicted octanol–water partition coefficient (Wildman–Crippen LogP) is 4.47. The largest absolute Gasteiger partial charge is 0.493 e. The minimum Gasteiger partial charge on any atom is -0.493 e. The molecule has 0 atom stereocenters. The first-order valence-electron chi connectivity index (χ1n) is 8.33. The van der Waals surface area contributed by atoms with Gasteiger partial charge in [-0.1, -0.05) is 35.9 Å². The Hall–Kier alpha value is -2.72. The fourth-order valence-electron chi connectivity index (χ4n) is 2.53. The van der Waals surface area contributed by atoms with Crippen molar-refractivity contribution in [2.45, 2.75) is 26.6 Å². The van der Waals surface area contributed by atoms with Crippen molar-refractivity contribution in [2.75, 3.05) is 7.11 Å². The van der Waals surface area contributed by atoms with Crippen LogP contribution in [0.1, 0.15) is 22.5 Å². The van der Waals surface area contributed by atoms with Crippen LogP contribution in [0.2, 0.25) is 0 Å². The van der Waals surface area contributed by atoms with Gasteiger partial charge in [-0.05, 0) is 42.3 Å². The Balaban J connectivity index is 1.57. The first-order chi connectivity index (χ1) is 12.2. The van der Waals surface area contributed by atoms with E-state index in [9.17, 15) is 0 Å². The molecule has 0 bridgehead atoms. The Kier molecular flexibility index (Phi) is 5.75. The van der Waals surface area contributed by atoms with E-state index in [2.05, 4.69) is 36.5 Å². The summed E-state index contributed by atoms with van der Waals surface area (Å²) < 4.78 is 16.7. The van der Waals surface area contributed by atoms with Crippen LogP contribution in [0.4, 0.5) is 0 Å². The van der Waals surface area contributed by atoms with Crippen LogP contribution in [-0.2, 0) is 19.7 Å². The number of rotatable bonds is 8. The molecule has 0 radical (unpaired) electrons. The van der Waals surface area contributed by atoms with Crippen molar-refractivity contribution in [1.29, 1.82) is 0 Å². The molecule has 0 amide bonds. The molecular formula is C21H23NO3. The van der Waals surface area contributed by atoms with Gasteiger partial charge in [0.25, 0.3) is 0 Å². The Bertz CT molecular complexity index is 779. The van der Waals surface area contributed by atoms with Gasteiger partial charge in [-0.15, -0.1) is 0 Å². The minimum atomic E-state index is 0.521. The zero-order chi connectivity index (χ0) is 17.5. The van der Waals surface area contributed by atoms with Gasteiger partial charge in [-0.3, -0.25) is 0 Å². The summed E-state index contributed by atoms with van der Waals surface area (Å²) in [6.45, 7) is 4.02. The van der Waals surface area contributed by atoms with Crippen LogP contribution in [-0.4, -0.2) is 7.11 Å². The van der Waals surface area contributed by atoms with Crippen LogP contribution in [0.5, 0.6) is 11.5 Å². The highest BCUT2D eigenvalue weighted by atomic mass is 16.5. The van der Waals surface area contributed by atoms with Crippen molar-refractivity contribution in [2.24, 2.45) is 0 Å². The van der Waals surface area contributed by atoms with Gasteiger partial charge in [0.15, 0.2) is 11.5 Å². The summed E-state index contributed by atoms with van der Waals surface area (Å²) in [6.07, 6.45) is 1.68. The first-order valence-corrected chi connectivity index (χ1v) is 8.33. The van der Waals surface area contributed by atoms with Gasteiger partial charge >= 0.3 is 0 Å². The molecule has 4 heteroatoms. The lowest BCUT2D eigenvalue weighted by atomic mass is 10.1. The quantitative estimate of drug-likeness (QED) is 0.659. The van der Waals surface area contributed by atoms with Gasteiger partial charge in [0.2, 0.25) is 0 Å². The number of aryl methyl sites for hydroxylation is 1. The highest BCUT2D eigenvalue weighted by Gasteiger charge is 2.07. The zero-order valence-electron chi connectivity index (χ0n) is 14.6. The van der Waals surface area contributed by atoms with E-state index >= 15 is 0 Å². The molecule has 0 aliphatic rings. The van der Waals surface area contributed by atoms with E-state index in [1.807, 2.05) is 30.3 Å². The lowest BCUT2D eigenvalue weighted by Crippen LogP contribution is -2.12. The summed E-state index contributed by atoms with van der Waals surface area (Å²) in [7, 11) is 1.66. The van der Waals surface area contributed by atoms with E-state index < -0.39 is 0 Å². The van der Waals surface area contributed by atoms with Gasteiger partial charge in [0, 0.05) is 6.54 Å². The summed E-state index contributed by atoms with van der Waals surface area (Å²) in [5.41, 5.74) is 3.51. The van der Waals surface area contributed by atoms with Gasteiger partial charge in [-0.2, -0.15) is 0 Å². The molecule has 1 heterocycles. The van der Waals surface area contributed by atoms with E-state index in [0.29, 0.717) is 13.2 Å². The van der Waals surface area contributed by atoms with Crippen LogP contribution < -0.4 is 14.8 Å². The lowest BCUT2D eigenvalue weighted by Gasteiger charge is -2.13. The Morgan fingerprint density at radius 3 is 2.44 bits per heavy atom. The highest BCUT2D eigenvalue weighted by Crippen LogP contribution is 2.29. The molecule has 0 saturated heterocycles. The molecule has 0 aliphatic heterocycles. The van der Waals surface area contributed by atoms with E-state index in [0.717, 1.165) is 34.9 Å². The lowest BCUT2D eigenvalue weighted by molar-refractivity contribution is 0.284. The van der Waals surface area contributed by atoms with Crippen LogP contribution in [0.15, 0.2) is 65.3 Å². The van der Waals surface area contributed by atoms with Gasteiger partial charge in [0.05, 0.1) is 19.9 Å². The molecule has 0 aliphatic carbocycles. The molecule has 3 aromatic rings. The van der Waals surface area contributed by atoms with Crippen molar-refractivity contribution in [1.82, 2.24) is 5.32 Å². The molecule has 1 aromatic heterocycles. The number of nitrogens with one attached hydrogen (secondary N) is 1. The summed E-state index contributed by atoms with van der Waals surface area (Å²) in [5.74, 6) is 2.41. The van der Waals surface area contributed by atoms with Crippen LogP contribution in [0, 0.1) is 6.92 Å². The molecule has 0 unspecified atom stereocenters. The van der Waals surface area contributed by atoms with E-state index in [-0.39, 0.29) is 0 Å². The highest BCUT2D eigenvalue weighted by molar-refractivity contribution is 5.43. The average Bonchev–Trinajstić information content (AvgIpc) is 3.15. The van der Waals surface area contributed by atoms with E-state index in [1.54, 1.807) is 13.4 Å². The Labute approximate surface area is 148 Å². The van der Waals surface area contributed by atoms with Gasteiger partial charge in [0.1, 0.15) is 12.4 Å². The van der Waals surface area contributed by atoms with E-state index in [4.69, 9.17) is 13.9 Å². The average molecular weight is 337 g/mol. The molecule has 25 heavy (non-hydrogen) atoms. The van der Waals surface area contributed by atoms with Crippen molar-refractivity contribution >= 4 is 0 Å². The number of ether oxygens (including phenoxy) is 2.